The molecule has 2 heterocycles. The number of pyridine rings is 1. The maximum absolute atomic E-state index is 12.1. The van der Waals surface area contributed by atoms with Crippen molar-refractivity contribution in [3.8, 4) is 0 Å². The van der Waals surface area contributed by atoms with Gasteiger partial charge >= 0.3 is 6.09 Å². The number of aromatic nitrogens is 1. The average Bonchev–Trinajstić information content (AvgIpc) is 2.53. The van der Waals surface area contributed by atoms with E-state index in [-0.39, 0.29) is 6.09 Å². The van der Waals surface area contributed by atoms with E-state index in [2.05, 4.69) is 22.0 Å². The fourth-order valence-corrected chi connectivity index (χ4v) is 2.71. The highest BCUT2D eigenvalue weighted by Gasteiger charge is 2.26. The van der Waals surface area contributed by atoms with E-state index in [4.69, 9.17) is 4.74 Å². The number of ether oxygens (including phenoxy) is 1. The lowest BCUT2D eigenvalue weighted by Gasteiger charge is -2.36. The number of carbonyl (C=O) groups excluding carboxylic acids is 1. The predicted molar refractivity (Wildman–Crippen MR) is 91.8 cm³/mol. The van der Waals surface area contributed by atoms with Crippen molar-refractivity contribution >= 4 is 22.7 Å². The minimum absolute atomic E-state index is 0.228. The van der Waals surface area contributed by atoms with Gasteiger partial charge in [0.1, 0.15) is 5.60 Å². The van der Waals surface area contributed by atoms with Gasteiger partial charge in [-0.05, 0) is 32.9 Å². The highest BCUT2D eigenvalue weighted by Crippen LogP contribution is 2.21. The molecule has 0 aliphatic carbocycles. The summed E-state index contributed by atoms with van der Waals surface area (Å²) in [4.78, 5) is 20.7. The summed E-state index contributed by atoms with van der Waals surface area (Å²) in [5, 5.41) is 1.14. The van der Waals surface area contributed by atoms with E-state index in [9.17, 15) is 4.79 Å². The van der Waals surface area contributed by atoms with E-state index in [0.717, 1.165) is 29.7 Å². The van der Waals surface area contributed by atoms with Crippen molar-refractivity contribution in [1.82, 2.24) is 9.88 Å². The van der Waals surface area contributed by atoms with Crippen molar-refractivity contribution in [2.24, 2.45) is 0 Å². The predicted octanol–water partition coefficient (Wildman–Crippen LogP) is 3.29. The van der Waals surface area contributed by atoms with Crippen molar-refractivity contribution in [2.45, 2.75) is 26.4 Å². The quantitative estimate of drug-likeness (QED) is 0.810. The molecular weight excluding hydrogens is 290 g/mol. The zero-order chi connectivity index (χ0) is 16.4. The van der Waals surface area contributed by atoms with E-state index < -0.39 is 5.60 Å². The molecule has 0 radical (unpaired) electrons. The Morgan fingerprint density at radius 2 is 1.83 bits per heavy atom. The number of hydrogen-bond donors (Lipinski definition) is 0. The Morgan fingerprint density at radius 3 is 2.52 bits per heavy atom. The largest absolute Gasteiger partial charge is 0.444 e. The molecule has 1 saturated heterocycles. The molecule has 122 valence electrons. The van der Waals surface area contributed by atoms with Crippen LogP contribution in [0.4, 0.5) is 10.5 Å². The number of para-hydroxylation sites is 1. The summed E-state index contributed by atoms with van der Waals surface area (Å²) in [7, 11) is 0. The molecule has 1 aromatic heterocycles. The summed E-state index contributed by atoms with van der Waals surface area (Å²) < 4.78 is 5.43. The fourth-order valence-electron chi connectivity index (χ4n) is 2.71. The molecule has 1 aliphatic heterocycles. The molecule has 1 aromatic carbocycles. The monoisotopic (exact) mass is 313 g/mol. The molecule has 5 nitrogen and oxygen atoms in total. The third-order valence-corrected chi connectivity index (χ3v) is 3.87. The third-order valence-electron chi connectivity index (χ3n) is 3.87. The van der Waals surface area contributed by atoms with Gasteiger partial charge in [-0.15, -0.1) is 0 Å². The first-order valence-corrected chi connectivity index (χ1v) is 8.00. The zero-order valence-electron chi connectivity index (χ0n) is 14.0. The Morgan fingerprint density at radius 1 is 1.13 bits per heavy atom. The lowest BCUT2D eigenvalue weighted by molar-refractivity contribution is 0.0240. The molecule has 1 fully saturated rings. The van der Waals surface area contributed by atoms with Crippen LogP contribution in [0.2, 0.25) is 0 Å². The van der Waals surface area contributed by atoms with Gasteiger partial charge in [0, 0.05) is 31.6 Å². The Labute approximate surface area is 136 Å². The van der Waals surface area contributed by atoms with Gasteiger partial charge in [-0.2, -0.15) is 0 Å². The Balaban J connectivity index is 1.65. The summed E-state index contributed by atoms with van der Waals surface area (Å²) in [5.74, 6) is 0. The van der Waals surface area contributed by atoms with Gasteiger partial charge in [0.05, 0.1) is 17.4 Å². The number of amides is 1. The van der Waals surface area contributed by atoms with E-state index >= 15 is 0 Å². The first-order valence-electron chi connectivity index (χ1n) is 8.00. The number of carbonyl (C=O) groups is 1. The van der Waals surface area contributed by atoms with Gasteiger partial charge in [0.25, 0.3) is 0 Å². The van der Waals surface area contributed by atoms with Crippen LogP contribution >= 0.6 is 0 Å². The summed E-state index contributed by atoms with van der Waals surface area (Å²) in [6.45, 7) is 8.59. The molecule has 0 atom stereocenters. The van der Waals surface area contributed by atoms with Crippen LogP contribution < -0.4 is 4.90 Å². The summed E-state index contributed by atoms with van der Waals surface area (Å²) in [6, 6.07) is 10.3. The van der Waals surface area contributed by atoms with Gasteiger partial charge in [-0.1, -0.05) is 18.2 Å². The zero-order valence-corrected chi connectivity index (χ0v) is 14.0. The summed E-state index contributed by atoms with van der Waals surface area (Å²) in [5.41, 5.74) is 1.66. The van der Waals surface area contributed by atoms with Crippen LogP contribution in [-0.4, -0.2) is 47.8 Å². The Kier molecular flexibility index (Phi) is 4.11. The molecule has 0 saturated carbocycles. The molecular formula is C18H23N3O2. The van der Waals surface area contributed by atoms with Crippen LogP contribution in [0.25, 0.3) is 10.9 Å². The van der Waals surface area contributed by atoms with E-state index in [1.54, 1.807) is 4.90 Å². The van der Waals surface area contributed by atoms with Crippen molar-refractivity contribution in [3.63, 3.8) is 0 Å². The van der Waals surface area contributed by atoms with Crippen LogP contribution in [0.3, 0.4) is 0 Å². The topological polar surface area (TPSA) is 45.7 Å². The highest BCUT2D eigenvalue weighted by atomic mass is 16.6. The van der Waals surface area contributed by atoms with Crippen LogP contribution in [0.5, 0.6) is 0 Å². The second-order valence-electron chi connectivity index (χ2n) is 6.84. The Bertz CT molecular complexity index is 701. The standard InChI is InChI=1S/C18H23N3O2/c1-18(2,3)23-17(22)21-10-8-20(9-11-21)15-12-14-6-4-5-7-16(14)19-13-15/h4-7,12-13H,8-11H2,1-3H3. The van der Waals surface area contributed by atoms with Crippen molar-refractivity contribution in [3.05, 3.63) is 36.5 Å². The van der Waals surface area contributed by atoms with Gasteiger partial charge in [-0.25, -0.2) is 4.79 Å². The maximum Gasteiger partial charge on any atom is 0.410 e. The number of nitrogens with zero attached hydrogens (tertiary/aromatic N) is 3. The molecule has 1 aliphatic rings. The van der Waals surface area contributed by atoms with E-state index in [0.29, 0.717) is 13.1 Å². The summed E-state index contributed by atoms with van der Waals surface area (Å²) in [6.07, 6.45) is 1.68. The average molecular weight is 313 g/mol. The highest BCUT2D eigenvalue weighted by molar-refractivity contribution is 5.81. The molecule has 0 N–H and O–H groups in total. The second kappa shape index (κ2) is 6.07. The van der Waals surface area contributed by atoms with Crippen LogP contribution in [0, 0.1) is 0 Å². The molecule has 0 unspecified atom stereocenters. The molecule has 0 spiro atoms. The van der Waals surface area contributed by atoms with Crippen molar-refractivity contribution in [2.75, 3.05) is 31.1 Å². The molecule has 1 amide bonds. The minimum Gasteiger partial charge on any atom is -0.444 e. The number of rotatable bonds is 1. The first kappa shape index (κ1) is 15.6. The summed E-state index contributed by atoms with van der Waals surface area (Å²) >= 11 is 0. The lowest BCUT2D eigenvalue weighted by atomic mass is 10.2. The van der Waals surface area contributed by atoms with Gasteiger partial charge in [-0.3, -0.25) is 4.98 Å². The van der Waals surface area contributed by atoms with E-state index in [1.165, 1.54) is 0 Å². The number of piperazine rings is 1. The smallest absolute Gasteiger partial charge is 0.410 e. The van der Waals surface area contributed by atoms with E-state index in [1.807, 2.05) is 45.2 Å². The number of anilines is 1. The van der Waals surface area contributed by atoms with Gasteiger partial charge in [0.15, 0.2) is 0 Å². The Hall–Kier alpha value is -2.30. The molecule has 5 heteroatoms. The van der Waals surface area contributed by atoms with Gasteiger partial charge in [0.2, 0.25) is 0 Å². The number of benzene rings is 1. The minimum atomic E-state index is -0.448. The first-order chi connectivity index (χ1) is 10.9. The third kappa shape index (κ3) is 3.73. The van der Waals surface area contributed by atoms with Crippen LogP contribution in [0.1, 0.15) is 20.8 Å². The number of hydrogen-bond acceptors (Lipinski definition) is 4. The van der Waals surface area contributed by atoms with Crippen LogP contribution in [-0.2, 0) is 4.74 Å². The van der Waals surface area contributed by atoms with Crippen molar-refractivity contribution < 1.29 is 9.53 Å². The SMILES string of the molecule is CC(C)(C)OC(=O)N1CCN(c2cnc3ccccc3c2)CC1. The molecule has 0 bridgehead atoms. The lowest BCUT2D eigenvalue weighted by Crippen LogP contribution is -2.50. The fraction of sp³-hybridized carbons (Fsp3) is 0.444. The molecule has 3 rings (SSSR count). The number of fused-ring (bicyclic) bond motifs is 1. The van der Waals surface area contributed by atoms with Crippen molar-refractivity contribution in [1.29, 1.82) is 0 Å². The molecule has 23 heavy (non-hydrogen) atoms. The molecule has 2 aromatic rings. The second-order valence-corrected chi connectivity index (χ2v) is 6.84. The normalized spacial score (nSPS) is 15.8. The maximum atomic E-state index is 12.1. The van der Waals surface area contributed by atoms with Gasteiger partial charge < -0.3 is 14.5 Å². The van der Waals surface area contributed by atoms with Crippen LogP contribution in [0.15, 0.2) is 36.5 Å².